The molecule has 126 valence electrons. The third-order valence-electron chi connectivity index (χ3n) is 3.14. The molecule has 0 saturated heterocycles. The standard InChI is InChI=1S/C19H22N2O3/c1-19(2,3)12-23-15-8-6-14(7-9-15)18(22)24-16-10-4-13(5-11-16)17(20)21/h4-11H,12H2,1-3H3,(H3,20,21). The Morgan fingerprint density at radius 3 is 1.96 bits per heavy atom. The Hall–Kier alpha value is -2.82. The first kappa shape index (κ1) is 17.5. The molecule has 0 spiro atoms. The van der Waals surface area contributed by atoms with E-state index in [0.29, 0.717) is 29.2 Å². The van der Waals surface area contributed by atoms with Gasteiger partial charge in [-0.05, 0) is 53.9 Å². The summed E-state index contributed by atoms with van der Waals surface area (Å²) in [4.78, 5) is 12.1. The summed E-state index contributed by atoms with van der Waals surface area (Å²) < 4.78 is 11.0. The Morgan fingerprint density at radius 1 is 0.958 bits per heavy atom. The molecule has 0 amide bonds. The Morgan fingerprint density at radius 2 is 1.46 bits per heavy atom. The summed E-state index contributed by atoms with van der Waals surface area (Å²) in [5.74, 6) is 0.636. The summed E-state index contributed by atoms with van der Waals surface area (Å²) in [5, 5.41) is 7.33. The van der Waals surface area contributed by atoms with E-state index in [2.05, 4.69) is 20.8 Å². The molecule has 0 aromatic heterocycles. The highest BCUT2D eigenvalue weighted by Gasteiger charge is 2.12. The minimum absolute atomic E-state index is 0.0290. The third kappa shape index (κ3) is 5.12. The number of hydrogen-bond donors (Lipinski definition) is 2. The lowest BCUT2D eigenvalue weighted by atomic mass is 9.99. The van der Waals surface area contributed by atoms with E-state index in [-0.39, 0.29) is 11.3 Å². The lowest BCUT2D eigenvalue weighted by Gasteiger charge is -2.18. The van der Waals surface area contributed by atoms with Gasteiger partial charge < -0.3 is 15.2 Å². The van der Waals surface area contributed by atoms with Crippen molar-refractivity contribution in [3.8, 4) is 11.5 Å². The Labute approximate surface area is 141 Å². The van der Waals surface area contributed by atoms with E-state index in [1.807, 2.05) is 0 Å². The van der Waals surface area contributed by atoms with Crippen molar-refractivity contribution in [1.29, 1.82) is 5.41 Å². The van der Waals surface area contributed by atoms with E-state index in [9.17, 15) is 4.79 Å². The van der Waals surface area contributed by atoms with Crippen LogP contribution in [-0.2, 0) is 0 Å². The van der Waals surface area contributed by atoms with Crippen molar-refractivity contribution in [2.24, 2.45) is 11.1 Å². The molecule has 0 saturated carbocycles. The van der Waals surface area contributed by atoms with E-state index in [4.69, 9.17) is 20.6 Å². The molecule has 24 heavy (non-hydrogen) atoms. The number of carbonyl (C=O) groups excluding carboxylic acids is 1. The number of rotatable bonds is 5. The maximum atomic E-state index is 12.1. The zero-order valence-electron chi connectivity index (χ0n) is 14.1. The van der Waals surface area contributed by atoms with Crippen LogP contribution in [0.2, 0.25) is 0 Å². The van der Waals surface area contributed by atoms with Crippen LogP contribution in [0.1, 0.15) is 36.7 Å². The zero-order chi connectivity index (χ0) is 17.7. The number of nitrogens with two attached hydrogens (primary N) is 1. The van der Waals surface area contributed by atoms with Crippen molar-refractivity contribution in [3.63, 3.8) is 0 Å². The molecule has 0 fully saturated rings. The highest BCUT2D eigenvalue weighted by molar-refractivity contribution is 5.95. The van der Waals surface area contributed by atoms with Gasteiger partial charge in [0.2, 0.25) is 0 Å². The molecule has 3 N–H and O–H groups in total. The monoisotopic (exact) mass is 326 g/mol. The first-order chi connectivity index (χ1) is 11.2. The van der Waals surface area contributed by atoms with Gasteiger partial charge in [0, 0.05) is 5.56 Å². The average molecular weight is 326 g/mol. The molecule has 2 rings (SSSR count). The number of nitrogen functional groups attached to an aromatic ring is 1. The molecule has 0 aliphatic carbocycles. The summed E-state index contributed by atoms with van der Waals surface area (Å²) in [6, 6.07) is 13.3. The number of nitrogens with one attached hydrogen (secondary N) is 1. The largest absolute Gasteiger partial charge is 0.493 e. The molecule has 0 aliphatic heterocycles. The molecule has 2 aromatic carbocycles. The predicted molar refractivity (Wildman–Crippen MR) is 93.8 cm³/mol. The van der Waals surface area contributed by atoms with Gasteiger partial charge in [0.25, 0.3) is 0 Å². The highest BCUT2D eigenvalue weighted by Crippen LogP contribution is 2.19. The van der Waals surface area contributed by atoms with Gasteiger partial charge in [-0.25, -0.2) is 4.79 Å². The van der Waals surface area contributed by atoms with Gasteiger partial charge in [-0.3, -0.25) is 5.41 Å². The third-order valence-corrected chi connectivity index (χ3v) is 3.14. The van der Waals surface area contributed by atoms with Crippen molar-refractivity contribution >= 4 is 11.8 Å². The molecule has 0 heterocycles. The lowest BCUT2D eigenvalue weighted by Crippen LogP contribution is -2.17. The van der Waals surface area contributed by atoms with Gasteiger partial charge in [0.1, 0.15) is 17.3 Å². The topological polar surface area (TPSA) is 85.4 Å². The molecule has 2 aromatic rings. The van der Waals surface area contributed by atoms with Crippen molar-refractivity contribution in [1.82, 2.24) is 0 Å². The molecular formula is C19H22N2O3. The van der Waals surface area contributed by atoms with E-state index in [1.165, 1.54) is 0 Å². The minimum atomic E-state index is -0.451. The normalized spacial score (nSPS) is 11.0. The molecule has 0 radical (unpaired) electrons. The van der Waals surface area contributed by atoms with Crippen LogP contribution in [0.15, 0.2) is 48.5 Å². The number of hydrogen-bond acceptors (Lipinski definition) is 4. The summed E-state index contributed by atoms with van der Waals surface area (Å²) in [6.07, 6.45) is 0. The number of benzene rings is 2. The minimum Gasteiger partial charge on any atom is -0.493 e. The molecule has 0 bridgehead atoms. The second kappa shape index (κ2) is 7.17. The number of esters is 1. The molecular weight excluding hydrogens is 304 g/mol. The van der Waals surface area contributed by atoms with Gasteiger partial charge in [0.15, 0.2) is 0 Å². The van der Waals surface area contributed by atoms with Crippen LogP contribution in [0, 0.1) is 10.8 Å². The predicted octanol–water partition coefficient (Wildman–Crippen LogP) is 3.61. The Kier molecular flexibility index (Phi) is 5.24. The summed E-state index contributed by atoms with van der Waals surface area (Å²) in [5.41, 5.74) is 6.48. The molecule has 0 atom stereocenters. The van der Waals surface area contributed by atoms with Crippen LogP contribution in [0.3, 0.4) is 0 Å². The van der Waals surface area contributed by atoms with Crippen LogP contribution < -0.4 is 15.2 Å². The second-order valence-corrected chi connectivity index (χ2v) is 6.70. The SMILES string of the molecule is CC(C)(C)COc1ccc(C(=O)Oc2ccc(C(=N)N)cc2)cc1. The molecule has 0 unspecified atom stereocenters. The van der Waals surface area contributed by atoms with Gasteiger partial charge in [-0.15, -0.1) is 0 Å². The summed E-state index contributed by atoms with van der Waals surface area (Å²) in [7, 11) is 0. The van der Waals surface area contributed by atoms with Gasteiger partial charge >= 0.3 is 5.97 Å². The number of ether oxygens (including phenoxy) is 2. The first-order valence-corrected chi connectivity index (χ1v) is 7.64. The van der Waals surface area contributed by atoms with Gasteiger partial charge in [0.05, 0.1) is 12.2 Å². The van der Waals surface area contributed by atoms with Crippen LogP contribution in [0.25, 0.3) is 0 Å². The second-order valence-electron chi connectivity index (χ2n) is 6.70. The van der Waals surface area contributed by atoms with Crippen LogP contribution in [-0.4, -0.2) is 18.4 Å². The van der Waals surface area contributed by atoms with Crippen LogP contribution in [0.5, 0.6) is 11.5 Å². The van der Waals surface area contributed by atoms with Gasteiger partial charge in [-0.1, -0.05) is 20.8 Å². The van der Waals surface area contributed by atoms with Crippen LogP contribution in [0.4, 0.5) is 0 Å². The molecule has 5 nitrogen and oxygen atoms in total. The van der Waals surface area contributed by atoms with Crippen molar-refractivity contribution in [3.05, 3.63) is 59.7 Å². The number of amidine groups is 1. The first-order valence-electron chi connectivity index (χ1n) is 7.64. The maximum absolute atomic E-state index is 12.1. The lowest BCUT2D eigenvalue weighted by molar-refractivity contribution is 0.0734. The smallest absolute Gasteiger partial charge is 0.343 e. The zero-order valence-corrected chi connectivity index (χ0v) is 14.1. The van der Waals surface area contributed by atoms with Crippen molar-refractivity contribution in [2.75, 3.05) is 6.61 Å². The van der Waals surface area contributed by atoms with Gasteiger partial charge in [-0.2, -0.15) is 0 Å². The average Bonchev–Trinajstić information content (AvgIpc) is 2.53. The summed E-state index contributed by atoms with van der Waals surface area (Å²) in [6.45, 7) is 6.88. The molecule has 0 aliphatic rings. The maximum Gasteiger partial charge on any atom is 0.343 e. The quantitative estimate of drug-likeness (QED) is 0.380. The van der Waals surface area contributed by atoms with Crippen molar-refractivity contribution in [2.45, 2.75) is 20.8 Å². The van der Waals surface area contributed by atoms with Crippen molar-refractivity contribution < 1.29 is 14.3 Å². The fourth-order valence-electron chi connectivity index (χ4n) is 1.86. The van der Waals surface area contributed by atoms with E-state index < -0.39 is 5.97 Å². The van der Waals surface area contributed by atoms with E-state index in [0.717, 1.165) is 0 Å². The van der Waals surface area contributed by atoms with E-state index >= 15 is 0 Å². The molecule has 5 heteroatoms. The van der Waals surface area contributed by atoms with E-state index in [1.54, 1.807) is 48.5 Å². The number of carbonyl (C=O) groups is 1. The van der Waals surface area contributed by atoms with Crippen LogP contribution >= 0.6 is 0 Å². The fraction of sp³-hybridized carbons (Fsp3) is 0.263. The Bertz CT molecular complexity index is 714. The Balaban J connectivity index is 1.98. The summed E-state index contributed by atoms with van der Waals surface area (Å²) >= 11 is 0. The highest BCUT2D eigenvalue weighted by atomic mass is 16.5. The fourth-order valence-corrected chi connectivity index (χ4v) is 1.86.